The van der Waals surface area contributed by atoms with Crippen molar-refractivity contribution in [2.75, 3.05) is 37.6 Å². The molecular formula is C20H25N7O. The van der Waals surface area contributed by atoms with Gasteiger partial charge in [-0.15, -0.1) is 0 Å². The summed E-state index contributed by atoms with van der Waals surface area (Å²) in [6, 6.07) is 3.81. The number of rotatable bonds is 4. The largest absolute Gasteiger partial charge is 0.352 e. The third kappa shape index (κ3) is 3.28. The second-order valence-electron chi connectivity index (χ2n) is 7.63. The van der Waals surface area contributed by atoms with E-state index in [1.165, 1.54) is 12.8 Å². The van der Waals surface area contributed by atoms with E-state index in [4.69, 9.17) is 0 Å². The number of nitrogens with zero attached hydrogens (tertiary/aromatic N) is 7. The number of aromatic nitrogens is 5. The van der Waals surface area contributed by atoms with Crippen LogP contribution in [-0.4, -0.2) is 62.0 Å². The summed E-state index contributed by atoms with van der Waals surface area (Å²) in [5.74, 6) is 0.993. The number of fused-ring (bicyclic) bond motifs is 2. The van der Waals surface area contributed by atoms with E-state index in [1.807, 2.05) is 16.8 Å². The van der Waals surface area contributed by atoms with Crippen LogP contribution in [0.2, 0.25) is 0 Å². The zero-order valence-corrected chi connectivity index (χ0v) is 16.0. The van der Waals surface area contributed by atoms with Crippen LogP contribution in [0, 0.1) is 0 Å². The summed E-state index contributed by atoms with van der Waals surface area (Å²) in [5, 5.41) is 8.93. The minimum Gasteiger partial charge on any atom is -0.352 e. The van der Waals surface area contributed by atoms with E-state index >= 15 is 0 Å². The van der Waals surface area contributed by atoms with E-state index in [0.29, 0.717) is 6.54 Å². The van der Waals surface area contributed by atoms with E-state index < -0.39 is 0 Å². The van der Waals surface area contributed by atoms with Gasteiger partial charge in [0, 0.05) is 51.2 Å². The predicted octanol–water partition coefficient (Wildman–Crippen LogP) is 0.987. The topological polar surface area (TPSA) is 71.6 Å². The monoisotopic (exact) mass is 379 g/mol. The average Bonchev–Trinajstić information content (AvgIpc) is 3.22. The first kappa shape index (κ1) is 17.4. The summed E-state index contributed by atoms with van der Waals surface area (Å²) in [4.78, 5) is 21.6. The SMILES string of the molecule is O=c1cc2c(nn1CCN1CCN(c3nccn4nccc34)CC1)CCCC2. The van der Waals surface area contributed by atoms with Crippen molar-refractivity contribution in [3.8, 4) is 0 Å². The van der Waals surface area contributed by atoms with Crippen molar-refractivity contribution < 1.29 is 0 Å². The molecule has 3 aromatic heterocycles. The summed E-state index contributed by atoms with van der Waals surface area (Å²) < 4.78 is 3.52. The van der Waals surface area contributed by atoms with Crippen molar-refractivity contribution in [2.45, 2.75) is 32.2 Å². The van der Waals surface area contributed by atoms with Crippen molar-refractivity contribution in [1.82, 2.24) is 29.3 Å². The first-order valence-electron chi connectivity index (χ1n) is 10.1. The van der Waals surface area contributed by atoms with Crippen LogP contribution in [0.25, 0.3) is 5.52 Å². The Morgan fingerprint density at radius 2 is 1.86 bits per heavy atom. The number of aryl methyl sites for hydroxylation is 2. The molecule has 1 aliphatic heterocycles. The first-order valence-corrected chi connectivity index (χ1v) is 10.1. The minimum absolute atomic E-state index is 0.0379. The normalized spacial score (nSPS) is 17.8. The highest BCUT2D eigenvalue weighted by atomic mass is 16.1. The molecule has 8 heteroatoms. The highest BCUT2D eigenvalue weighted by Crippen LogP contribution is 2.20. The van der Waals surface area contributed by atoms with E-state index in [0.717, 1.165) is 68.2 Å². The van der Waals surface area contributed by atoms with Gasteiger partial charge < -0.3 is 4.90 Å². The zero-order chi connectivity index (χ0) is 18.9. The first-order chi connectivity index (χ1) is 13.8. The highest BCUT2D eigenvalue weighted by molar-refractivity contribution is 5.68. The van der Waals surface area contributed by atoms with E-state index in [2.05, 4.69) is 25.0 Å². The van der Waals surface area contributed by atoms with Crippen LogP contribution in [0.3, 0.4) is 0 Å². The number of anilines is 1. The van der Waals surface area contributed by atoms with Gasteiger partial charge >= 0.3 is 0 Å². The Hall–Kier alpha value is -2.74. The molecule has 3 aromatic rings. The van der Waals surface area contributed by atoms with E-state index in [1.54, 1.807) is 23.1 Å². The quantitative estimate of drug-likeness (QED) is 0.673. The van der Waals surface area contributed by atoms with Gasteiger partial charge in [-0.3, -0.25) is 9.69 Å². The fraction of sp³-hybridized carbons (Fsp3) is 0.500. The van der Waals surface area contributed by atoms with Gasteiger partial charge in [-0.2, -0.15) is 10.2 Å². The lowest BCUT2D eigenvalue weighted by molar-refractivity contribution is 0.242. The fourth-order valence-corrected chi connectivity index (χ4v) is 4.27. The molecule has 0 N–H and O–H groups in total. The van der Waals surface area contributed by atoms with Crippen molar-refractivity contribution in [3.63, 3.8) is 0 Å². The van der Waals surface area contributed by atoms with Crippen molar-refractivity contribution in [2.24, 2.45) is 0 Å². The molecule has 0 aromatic carbocycles. The van der Waals surface area contributed by atoms with Gasteiger partial charge in [0.1, 0.15) is 5.52 Å². The van der Waals surface area contributed by atoms with Gasteiger partial charge in [-0.1, -0.05) is 0 Å². The van der Waals surface area contributed by atoms with Gasteiger partial charge in [0.15, 0.2) is 5.82 Å². The van der Waals surface area contributed by atoms with Gasteiger partial charge in [0.05, 0.1) is 18.4 Å². The average molecular weight is 379 g/mol. The molecule has 0 radical (unpaired) electrons. The molecule has 2 aliphatic rings. The van der Waals surface area contributed by atoms with E-state index in [-0.39, 0.29) is 5.56 Å². The number of hydrogen-bond donors (Lipinski definition) is 0. The Morgan fingerprint density at radius 3 is 2.75 bits per heavy atom. The van der Waals surface area contributed by atoms with Gasteiger partial charge in [0.25, 0.3) is 5.56 Å². The summed E-state index contributed by atoms with van der Waals surface area (Å²) in [7, 11) is 0. The molecule has 28 heavy (non-hydrogen) atoms. The molecule has 0 amide bonds. The van der Waals surface area contributed by atoms with Gasteiger partial charge in [0.2, 0.25) is 0 Å². The fourth-order valence-electron chi connectivity index (χ4n) is 4.27. The lowest BCUT2D eigenvalue weighted by atomic mass is 9.97. The lowest BCUT2D eigenvalue weighted by Crippen LogP contribution is -2.48. The molecule has 5 rings (SSSR count). The Bertz CT molecular complexity index is 1030. The molecule has 0 bridgehead atoms. The molecular weight excluding hydrogens is 354 g/mol. The third-order valence-electron chi connectivity index (χ3n) is 5.88. The highest BCUT2D eigenvalue weighted by Gasteiger charge is 2.20. The summed E-state index contributed by atoms with van der Waals surface area (Å²) in [6.07, 6.45) is 9.83. The molecule has 0 spiro atoms. The van der Waals surface area contributed by atoms with Crippen LogP contribution in [0.5, 0.6) is 0 Å². The zero-order valence-electron chi connectivity index (χ0n) is 16.0. The molecule has 0 unspecified atom stereocenters. The molecule has 0 saturated carbocycles. The second kappa shape index (κ2) is 7.35. The Morgan fingerprint density at radius 1 is 1.00 bits per heavy atom. The molecule has 1 saturated heterocycles. The molecule has 146 valence electrons. The maximum Gasteiger partial charge on any atom is 0.267 e. The minimum atomic E-state index is 0.0379. The predicted molar refractivity (Wildman–Crippen MR) is 107 cm³/mol. The van der Waals surface area contributed by atoms with Crippen LogP contribution >= 0.6 is 0 Å². The molecule has 8 nitrogen and oxygen atoms in total. The van der Waals surface area contributed by atoms with Crippen molar-refractivity contribution >= 4 is 11.3 Å². The van der Waals surface area contributed by atoms with Crippen LogP contribution in [0.1, 0.15) is 24.1 Å². The molecule has 1 fully saturated rings. The molecule has 1 aliphatic carbocycles. The molecule has 4 heterocycles. The van der Waals surface area contributed by atoms with Gasteiger partial charge in [-0.05, 0) is 37.3 Å². The Labute approximate surface area is 163 Å². The van der Waals surface area contributed by atoms with Crippen molar-refractivity contribution in [3.05, 3.63) is 52.3 Å². The van der Waals surface area contributed by atoms with Crippen LogP contribution < -0.4 is 10.5 Å². The standard InChI is InChI=1S/C20H25N7O/c28-19-15-16-3-1-2-4-17(16)23-27(19)14-11-24-9-12-25(13-10-24)20-18-5-6-22-26(18)8-7-21-20/h5-8,15H,1-4,9-14H2. The second-order valence-corrected chi connectivity index (χ2v) is 7.63. The van der Waals surface area contributed by atoms with Crippen LogP contribution in [0.4, 0.5) is 5.82 Å². The Kier molecular flexibility index (Phi) is 4.56. The number of hydrogen-bond acceptors (Lipinski definition) is 6. The summed E-state index contributed by atoms with van der Waals surface area (Å²) >= 11 is 0. The van der Waals surface area contributed by atoms with Gasteiger partial charge in [-0.25, -0.2) is 14.2 Å². The number of piperazine rings is 1. The van der Waals surface area contributed by atoms with Crippen LogP contribution in [0.15, 0.2) is 35.5 Å². The summed E-state index contributed by atoms with van der Waals surface area (Å²) in [6.45, 7) is 5.26. The van der Waals surface area contributed by atoms with E-state index in [9.17, 15) is 4.79 Å². The molecule has 0 atom stereocenters. The maximum atomic E-state index is 12.4. The van der Waals surface area contributed by atoms with Crippen molar-refractivity contribution in [1.29, 1.82) is 0 Å². The Balaban J connectivity index is 1.21. The van der Waals surface area contributed by atoms with Crippen LogP contribution in [-0.2, 0) is 19.4 Å². The smallest absolute Gasteiger partial charge is 0.267 e. The summed E-state index contributed by atoms with van der Waals surface area (Å²) in [5.41, 5.74) is 3.36. The lowest BCUT2D eigenvalue weighted by Gasteiger charge is -2.35. The third-order valence-corrected chi connectivity index (χ3v) is 5.88. The maximum absolute atomic E-state index is 12.4.